The zero-order chi connectivity index (χ0) is 14.9. The molecule has 2 N–H and O–H groups in total. The van der Waals surface area contributed by atoms with Gasteiger partial charge in [0.2, 0.25) is 10.0 Å². The Bertz CT molecular complexity index is 569. The summed E-state index contributed by atoms with van der Waals surface area (Å²) in [6.45, 7) is 7.37. The Labute approximate surface area is 122 Å². The summed E-state index contributed by atoms with van der Waals surface area (Å²) >= 11 is 0. The Hall–Kier alpha value is -0.910. The molecule has 5 heteroatoms. The van der Waals surface area contributed by atoms with Crippen LogP contribution in [0.4, 0.5) is 0 Å². The molecule has 0 bridgehead atoms. The number of piperidine rings is 1. The lowest BCUT2D eigenvalue weighted by atomic mass is 9.90. The molecule has 0 spiro atoms. The Balaban J connectivity index is 2.28. The molecule has 1 fully saturated rings. The van der Waals surface area contributed by atoms with Crippen LogP contribution in [0.3, 0.4) is 0 Å². The second-order valence-corrected chi connectivity index (χ2v) is 7.91. The standard InChI is InChI=1S/C15H24N2O2S/c1-11-7-8-17(10-12(11)2)20(18,19)15-6-4-5-14(9-15)13(3)16/h4-6,9,11-13H,7-8,10,16H2,1-3H3. The molecule has 3 unspecified atom stereocenters. The van der Waals surface area contributed by atoms with Crippen LogP contribution in [0.15, 0.2) is 29.2 Å². The predicted molar refractivity (Wildman–Crippen MR) is 80.7 cm³/mol. The van der Waals surface area contributed by atoms with Gasteiger partial charge in [-0.1, -0.05) is 26.0 Å². The summed E-state index contributed by atoms with van der Waals surface area (Å²) in [5, 5.41) is 0. The van der Waals surface area contributed by atoms with E-state index in [0.29, 0.717) is 29.8 Å². The average Bonchev–Trinajstić information content (AvgIpc) is 2.42. The summed E-state index contributed by atoms with van der Waals surface area (Å²) in [4.78, 5) is 0.356. The maximum atomic E-state index is 12.7. The van der Waals surface area contributed by atoms with Crippen molar-refractivity contribution >= 4 is 10.0 Å². The topological polar surface area (TPSA) is 63.4 Å². The minimum atomic E-state index is -3.40. The fourth-order valence-electron chi connectivity index (χ4n) is 2.55. The van der Waals surface area contributed by atoms with E-state index in [2.05, 4.69) is 13.8 Å². The first-order valence-electron chi connectivity index (χ1n) is 7.18. The molecule has 112 valence electrons. The number of hydrogen-bond donors (Lipinski definition) is 1. The lowest BCUT2D eigenvalue weighted by Crippen LogP contribution is -2.42. The van der Waals surface area contributed by atoms with Gasteiger partial charge in [-0.3, -0.25) is 0 Å². The first kappa shape index (κ1) is 15.5. The molecule has 0 amide bonds. The Kier molecular flexibility index (Phi) is 4.52. The van der Waals surface area contributed by atoms with Crippen LogP contribution in [0, 0.1) is 11.8 Å². The van der Waals surface area contributed by atoms with Crippen LogP contribution in [0.5, 0.6) is 0 Å². The number of sulfonamides is 1. The van der Waals surface area contributed by atoms with Crippen molar-refractivity contribution in [2.45, 2.75) is 38.1 Å². The molecule has 0 aliphatic carbocycles. The first-order chi connectivity index (χ1) is 9.32. The van der Waals surface area contributed by atoms with Crippen molar-refractivity contribution in [3.63, 3.8) is 0 Å². The smallest absolute Gasteiger partial charge is 0.243 e. The van der Waals surface area contributed by atoms with E-state index in [-0.39, 0.29) is 6.04 Å². The lowest BCUT2D eigenvalue weighted by molar-refractivity contribution is 0.212. The Morgan fingerprint density at radius 2 is 2.00 bits per heavy atom. The van der Waals surface area contributed by atoms with E-state index in [9.17, 15) is 8.42 Å². The molecule has 4 nitrogen and oxygen atoms in total. The van der Waals surface area contributed by atoms with Gasteiger partial charge in [-0.05, 0) is 42.9 Å². The third kappa shape index (κ3) is 3.05. The van der Waals surface area contributed by atoms with Crippen LogP contribution in [-0.2, 0) is 10.0 Å². The van der Waals surface area contributed by atoms with Crippen molar-refractivity contribution in [2.75, 3.05) is 13.1 Å². The molecule has 1 aromatic rings. The maximum Gasteiger partial charge on any atom is 0.243 e. The Morgan fingerprint density at radius 1 is 1.30 bits per heavy atom. The molecule has 2 rings (SSSR count). The van der Waals surface area contributed by atoms with Gasteiger partial charge in [-0.25, -0.2) is 8.42 Å². The average molecular weight is 296 g/mol. The zero-order valence-electron chi connectivity index (χ0n) is 12.4. The molecule has 1 saturated heterocycles. The minimum absolute atomic E-state index is 0.162. The van der Waals surface area contributed by atoms with Gasteiger partial charge in [0.25, 0.3) is 0 Å². The predicted octanol–water partition coefficient (Wildman–Crippen LogP) is 2.37. The minimum Gasteiger partial charge on any atom is -0.324 e. The van der Waals surface area contributed by atoms with E-state index in [0.717, 1.165) is 12.0 Å². The molecule has 1 aliphatic rings. The van der Waals surface area contributed by atoms with Gasteiger partial charge < -0.3 is 5.73 Å². The molecule has 1 aromatic carbocycles. The van der Waals surface area contributed by atoms with Gasteiger partial charge in [-0.15, -0.1) is 0 Å². The van der Waals surface area contributed by atoms with Gasteiger partial charge >= 0.3 is 0 Å². The van der Waals surface area contributed by atoms with Crippen molar-refractivity contribution in [1.29, 1.82) is 0 Å². The molecule has 0 radical (unpaired) electrons. The highest BCUT2D eigenvalue weighted by molar-refractivity contribution is 7.89. The SMILES string of the molecule is CC(N)c1cccc(S(=O)(=O)N2CCC(C)C(C)C2)c1. The van der Waals surface area contributed by atoms with Crippen molar-refractivity contribution < 1.29 is 8.42 Å². The van der Waals surface area contributed by atoms with Gasteiger partial charge in [0, 0.05) is 19.1 Å². The maximum absolute atomic E-state index is 12.7. The van der Waals surface area contributed by atoms with Crippen molar-refractivity contribution in [3.05, 3.63) is 29.8 Å². The molecular weight excluding hydrogens is 272 g/mol. The van der Waals surface area contributed by atoms with Crippen molar-refractivity contribution in [1.82, 2.24) is 4.31 Å². The quantitative estimate of drug-likeness (QED) is 0.931. The molecular formula is C15H24N2O2S. The fourth-order valence-corrected chi connectivity index (χ4v) is 4.16. The normalized spacial score (nSPS) is 26.4. The zero-order valence-corrected chi connectivity index (χ0v) is 13.2. The van der Waals surface area contributed by atoms with E-state index in [1.165, 1.54) is 0 Å². The largest absolute Gasteiger partial charge is 0.324 e. The van der Waals surface area contributed by atoms with Gasteiger partial charge in [0.15, 0.2) is 0 Å². The molecule has 20 heavy (non-hydrogen) atoms. The van der Waals surface area contributed by atoms with Crippen molar-refractivity contribution in [3.8, 4) is 0 Å². The summed E-state index contributed by atoms with van der Waals surface area (Å²) in [5.41, 5.74) is 6.69. The Morgan fingerprint density at radius 3 is 2.60 bits per heavy atom. The summed E-state index contributed by atoms with van der Waals surface area (Å²) in [5.74, 6) is 0.979. The monoisotopic (exact) mass is 296 g/mol. The van der Waals surface area contributed by atoms with Crippen LogP contribution in [0.25, 0.3) is 0 Å². The number of hydrogen-bond acceptors (Lipinski definition) is 3. The highest BCUT2D eigenvalue weighted by Gasteiger charge is 2.31. The van der Waals surface area contributed by atoms with Gasteiger partial charge in [-0.2, -0.15) is 4.31 Å². The molecule has 1 aliphatic heterocycles. The molecule has 0 saturated carbocycles. The summed E-state index contributed by atoms with van der Waals surface area (Å²) in [7, 11) is -3.40. The van der Waals surface area contributed by atoms with Crippen LogP contribution >= 0.6 is 0 Å². The van der Waals surface area contributed by atoms with E-state index >= 15 is 0 Å². The van der Waals surface area contributed by atoms with E-state index < -0.39 is 10.0 Å². The summed E-state index contributed by atoms with van der Waals surface area (Å²) in [6, 6.07) is 6.82. The molecule has 1 heterocycles. The third-order valence-corrected chi connectivity index (χ3v) is 6.18. The van der Waals surface area contributed by atoms with Crippen LogP contribution < -0.4 is 5.73 Å². The van der Waals surface area contributed by atoms with E-state index in [1.54, 1.807) is 22.5 Å². The number of benzene rings is 1. The fraction of sp³-hybridized carbons (Fsp3) is 0.600. The number of rotatable bonds is 3. The summed E-state index contributed by atoms with van der Waals surface area (Å²) in [6.07, 6.45) is 0.924. The number of nitrogens with zero attached hydrogens (tertiary/aromatic N) is 1. The van der Waals surface area contributed by atoms with Crippen LogP contribution in [0.1, 0.15) is 38.8 Å². The van der Waals surface area contributed by atoms with Crippen LogP contribution in [-0.4, -0.2) is 25.8 Å². The van der Waals surface area contributed by atoms with Gasteiger partial charge in [0.05, 0.1) is 4.90 Å². The van der Waals surface area contributed by atoms with E-state index in [4.69, 9.17) is 5.73 Å². The summed E-state index contributed by atoms with van der Waals surface area (Å²) < 4.78 is 27.0. The number of nitrogens with two attached hydrogens (primary N) is 1. The highest BCUT2D eigenvalue weighted by Crippen LogP contribution is 2.28. The lowest BCUT2D eigenvalue weighted by Gasteiger charge is -2.34. The highest BCUT2D eigenvalue weighted by atomic mass is 32.2. The second kappa shape index (κ2) is 5.84. The molecule has 0 aromatic heterocycles. The van der Waals surface area contributed by atoms with E-state index in [1.807, 2.05) is 13.0 Å². The molecule has 3 atom stereocenters. The van der Waals surface area contributed by atoms with Gasteiger partial charge in [0.1, 0.15) is 0 Å². The van der Waals surface area contributed by atoms with Crippen molar-refractivity contribution in [2.24, 2.45) is 17.6 Å². The van der Waals surface area contributed by atoms with Crippen LogP contribution in [0.2, 0.25) is 0 Å². The third-order valence-electron chi connectivity index (χ3n) is 4.32. The first-order valence-corrected chi connectivity index (χ1v) is 8.62. The second-order valence-electron chi connectivity index (χ2n) is 5.97.